The van der Waals surface area contributed by atoms with Crippen molar-refractivity contribution in [1.29, 1.82) is 0 Å². The number of amides is 1. The third-order valence-electron chi connectivity index (χ3n) is 3.03. The molecule has 0 atom stereocenters. The van der Waals surface area contributed by atoms with Gasteiger partial charge in [0.05, 0.1) is 19.4 Å². The van der Waals surface area contributed by atoms with Crippen molar-refractivity contribution in [3.8, 4) is 11.4 Å². The van der Waals surface area contributed by atoms with E-state index in [1.165, 1.54) is 0 Å². The Bertz CT molecular complexity index is 605. The number of nitrogens with one attached hydrogen (secondary N) is 1. The molecule has 0 fully saturated rings. The van der Waals surface area contributed by atoms with E-state index in [1.54, 1.807) is 25.0 Å². The zero-order chi connectivity index (χ0) is 15.2. The molecule has 0 saturated carbocycles. The Balaban J connectivity index is 2.16. The second kappa shape index (κ2) is 6.90. The monoisotopic (exact) mass is 289 g/mol. The molecule has 1 amide bonds. The third kappa shape index (κ3) is 3.61. The number of hydrogen-bond donors (Lipinski definition) is 1. The van der Waals surface area contributed by atoms with Crippen molar-refractivity contribution in [2.75, 3.05) is 27.4 Å². The number of ether oxygens (including phenoxy) is 2. The highest BCUT2D eigenvalue weighted by atomic mass is 16.5. The van der Waals surface area contributed by atoms with Crippen LogP contribution in [0.4, 0.5) is 0 Å². The zero-order valence-electron chi connectivity index (χ0n) is 12.4. The lowest BCUT2D eigenvalue weighted by atomic mass is 10.3. The predicted octanol–water partition coefficient (Wildman–Crippen LogP) is 1.57. The molecule has 0 aliphatic carbocycles. The number of carbonyl (C=O) groups is 1. The van der Waals surface area contributed by atoms with Crippen LogP contribution >= 0.6 is 0 Å². The molecule has 0 bridgehead atoms. The number of hydrogen-bond acceptors (Lipinski definition) is 4. The highest BCUT2D eigenvalue weighted by molar-refractivity contribution is 5.92. The number of aryl methyl sites for hydroxylation is 1. The van der Waals surface area contributed by atoms with Crippen LogP contribution in [0.1, 0.15) is 16.2 Å². The van der Waals surface area contributed by atoms with Gasteiger partial charge in [-0.1, -0.05) is 0 Å². The molecule has 6 heteroatoms. The fourth-order valence-electron chi connectivity index (χ4n) is 1.93. The standard InChI is InChI=1S/C15H19N3O3/c1-11-10-14(15(19)16-8-9-20-2)17-18(11)12-4-6-13(21-3)7-5-12/h4-7,10H,8-9H2,1-3H3,(H,16,19). The van der Waals surface area contributed by atoms with Crippen molar-refractivity contribution >= 4 is 5.91 Å². The van der Waals surface area contributed by atoms with Crippen LogP contribution in [0.25, 0.3) is 5.69 Å². The summed E-state index contributed by atoms with van der Waals surface area (Å²) in [6.07, 6.45) is 0. The molecule has 1 heterocycles. The smallest absolute Gasteiger partial charge is 0.271 e. The van der Waals surface area contributed by atoms with E-state index in [0.29, 0.717) is 18.8 Å². The minimum atomic E-state index is -0.206. The number of carbonyl (C=O) groups excluding carboxylic acids is 1. The first-order valence-electron chi connectivity index (χ1n) is 6.64. The average Bonchev–Trinajstić information content (AvgIpc) is 2.89. The third-order valence-corrected chi connectivity index (χ3v) is 3.03. The first-order valence-corrected chi connectivity index (χ1v) is 6.64. The molecule has 1 N–H and O–H groups in total. The Kier molecular flexibility index (Phi) is 4.94. The van der Waals surface area contributed by atoms with Crippen LogP contribution in [-0.4, -0.2) is 43.1 Å². The lowest BCUT2D eigenvalue weighted by molar-refractivity contribution is 0.0931. The summed E-state index contributed by atoms with van der Waals surface area (Å²) in [5.74, 6) is 0.573. The lowest BCUT2D eigenvalue weighted by Gasteiger charge is -2.05. The SMILES string of the molecule is COCCNC(=O)c1cc(C)n(-c2ccc(OC)cc2)n1. The molecule has 0 saturated heterocycles. The predicted molar refractivity (Wildman–Crippen MR) is 79.1 cm³/mol. The maximum Gasteiger partial charge on any atom is 0.271 e. The Hall–Kier alpha value is -2.34. The van der Waals surface area contributed by atoms with Crippen molar-refractivity contribution in [2.45, 2.75) is 6.92 Å². The second-order valence-corrected chi connectivity index (χ2v) is 4.53. The van der Waals surface area contributed by atoms with E-state index in [0.717, 1.165) is 17.1 Å². The maximum atomic E-state index is 12.0. The Labute approximate surface area is 123 Å². The van der Waals surface area contributed by atoms with E-state index < -0.39 is 0 Å². The van der Waals surface area contributed by atoms with E-state index in [2.05, 4.69) is 10.4 Å². The van der Waals surface area contributed by atoms with Crippen LogP contribution < -0.4 is 10.1 Å². The minimum Gasteiger partial charge on any atom is -0.497 e. The molecule has 0 spiro atoms. The first kappa shape index (κ1) is 15.1. The Morgan fingerprint density at radius 2 is 2.00 bits per heavy atom. The van der Waals surface area contributed by atoms with E-state index in [-0.39, 0.29) is 5.91 Å². The number of rotatable bonds is 6. The van der Waals surface area contributed by atoms with Crippen LogP contribution in [-0.2, 0) is 4.74 Å². The van der Waals surface area contributed by atoms with Gasteiger partial charge in [-0.2, -0.15) is 5.10 Å². The normalized spacial score (nSPS) is 10.4. The van der Waals surface area contributed by atoms with Gasteiger partial charge >= 0.3 is 0 Å². The molecule has 2 aromatic rings. The van der Waals surface area contributed by atoms with E-state index >= 15 is 0 Å². The first-order chi connectivity index (χ1) is 10.2. The number of nitrogens with zero attached hydrogens (tertiary/aromatic N) is 2. The van der Waals surface area contributed by atoms with Crippen molar-refractivity contribution in [1.82, 2.24) is 15.1 Å². The summed E-state index contributed by atoms with van der Waals surface area (Å²) in [6.45, 7) is 2.84. The van der Waals surface area contributed by atoms with Gasteiger partial charge in [0, 0.05) is 19.3 Å². The fourth-order valence-corrected chi connectivity index (χ4v) is 1.93. The molecule has 6 nitrogen and oxygen atoms in total. The molecule has 0 unspecified atom stereocenters. The number of benzene rings is 1. The topological polar surface area (TPSA) is 65.4 Å². The van der Waals surface area contributed by atoms with E-state index in [4.69, 9.17) is 9.47 Å². The highest BCUT2D eigenvalue weighted by Gasteiger charge is 2.12. The van der Waals surface area contributed by atoms with Crippen LogP contribution in [0, 0.1) is 6.92 Å². The van der Waals surface area contributed by atoms with Crippen LogP contribution in [0.3, 0.4) is 0 Å². The summed E-state index contributed by atoms with van der Waals surface area (Å²) in [5, 5.41) is 7.09. The quantitative estimate of drug-likeness (QED) is 0.820. The van der Waals surface area contributed by atoms with Gasteiger partial charge in [0.25, 0.3) is 5.91 Å². The highest BCUT2D eigenvalue weighted by Crippen LogP contribution is 2.16. The van der Waals surface area contributed by atoms with Gasteiger partial charge in [0.15, 0.2) is 5.69 Å². The molecule has 1 aromatic carbocycles. The molecular weight excluding hydrogens is 270 g/mol. The van der Waals surface area contributed by atoms with Gasteiger partial charge in [-0.05, 0) is 37.3 Å². The van der Waals surface area contributed by atoms with Gasteiger partial charge in [-0.25, -0.2) is 4.68 Å². The van der Waals surface area contributed by atoms with Crippen LogP contribution in [0.2, 0.25) is 0 Å². The van der Waals surface area contributed by atoms with Crippen molar-refractivity contribution < 1.29 is 14.3 Å². The average molecular weight is 289 g/mol. The Morgan fingerprint density at radius 3 is 2.62 bits per heavy atom. The Morgan fingerprint density at radius 1 is 1.29 bits per heavy atom. The fraction of sp³-hybridized carbons (Fsp3) is 0.333. The molecule has 0 aliphatic rings. The molecule has 0 aliphatic heterocycles. The molecule has 2 rings (SSSR count). The minimum absolute atomic E-state index is 0.206. The molecule has 0 radical (unpaired) electrons. The van der Waals surface area contributed by atoms with Crippen molar-refractivity contribution in [2.24, 2.45) is 0 Å². The summed E-state index contributed by atoms with van der Waals surface area (Å²) in [4.78, 5) is 12.0. The van der Waals surface area contributed by atoms with Gasteiger partial charge in [0.2, 0.25) is 0 Å². The summed E-state index contributed by atoms with van der Waals surface area (Å²) < 4.78 is 11.8. The largest absolute Gasteiger partial charge is 0.497 e. The van der Waals surface area contributed by atoms with E-state index in [1.807, 2.05) is 31.2 Å². The van der Waals surface area contributed by atoms with Gasteiger partial charge in [-0.15, -0.1) is 0 Å². The number of aromatic nitrogens is 2. The maximum absolute atomic E-state index is 12.0. The number of methoxy groups -OCH3 is 2. The summed E-state index contributed by atoms with van der Waals surface area (Å²) in [5.41, 5.74) is 2.15. The molecule has 1 aromatic heterocycles. The molecule has 21 heavy (non-hydrogen) atoms. The van der Waals surface area contributed by atoms with Crippen LogP contribution in [0.5, 0.6) is 5.75 Å². The molecular formula is C15H19N3O3. The second-order valence-electron chi connectivity index (χ2n) is 4.53. The zero-order valence-corrected chi connectivity index (χ0v) is 12.4. The lowest BCUT2D eigenvalue weighted by Crippen LogP contribution is -2.27. The van der Waals surface area contributed by atoms with E-state index in [9.17, 15) is 4.79 Å². The molecule has 112 valence electrons. The summed E-state index contributed by atoms with van der Waals surface area (Å²) in [7, 11) is 3.21. The van der Waals surface area contributed by atoms with Gasteiger partial charge in [-0.3, -0.25) is 4.79 Å². The van der Waals surface area contributed by atoms with Crippen LogP contribution in [0.15, 0.2) is 30.3 Å². The summed E-state index contributed by atoms with van der Waals surface area (Å²) in [6, 6.07) is 9.26. The summed E-state index contributed by atoms with van der Waals surface area (Å²) >= 11 is 0. The van der Waals surface area contributed by atoms with Gasteiger partial charge < -0.3 is 14.8 Å². The van der Waals surface area contributed by atoms with Crippen molar-refractivity contribution in [3.05, 3.63) is 41.7 Å². The van der Waals surface area contributed by atoms with Crippen molar-refractivity contribution in [3.63, 3.8) is 0 Å². The van der Waals surface area contributed by atoms with Gasteiger partial charge in [0.1, 0.15) is 5.75 Å².